The number of halogens is 1. The average molecular weight is 319 g/mol. The molecule has 0 saturated carbocycles. The van der Waals surface area contributed by atoms with Crippen molar-refractivity contribution < 1.29 is 4.79 Å². The lowest BCUT2D eigenvalue weighted by atomic mass is 9.95. The van der Waals surface area contributed by atoms with Crippen LogP contribution in [0.15, 0.2) is 30.5 Å². The monoisotopic (exact) mass is 318 g/mol. The molecule has 0 aliphatic carbocycles. The SMILES string of the molecule is Cc1cnc(Cl)nc1Nc1cccc(NC(=O)C(C)(C)C)c1. The molecule has 22 heavy (non-hydrogen) atoms. The summed E-state index contributed by atoms with van der Waals surface area (Å²) in [6.07, 6.45) is 1.66. The van der Waals surface area contributed by atoms with Crippen molar-refractivity contribution in [3.8, 4) is 0 Å². The molecular weight excluding hydrogens is 300 g/mol. The number of anilines is 3. The molecule has 116 valence electrons. The van der Waals surface area contributed by atoms with Gasteiger partial charge in [-0.1, -0.05) is 26.8 Å². The van der Waals surface area contributed by atoms with Crippen LogP contribution in [0.4, 0.5) is 17.2 Å². The number of hydrogen-bond donors (Lipinski definition) is 2. The Bertz CT molecular complexity index is 695. The second-order valence-corrected chi connectivity index (χ2v) is 6.42. The van der Waals surface area contributed by atoms with Gasteiger partial charge in [0.25, 0.3) is 0 Å². The Morgan fingerprint density at radius 2 is 1.91 bits per heavy atom. The summed E-state index contributed by atoms with van der Waals surface area (Å²) in [5, 5.41) is 6.26. The quantitative estimate of drug-likeness (QED) is 0.834. The Kier molecular flexibility index (Phi) is 4.66. The van der Waals surface area contributed by atoms with Crippen LogP contribution in [0, 0.1) is 12.3 Å². The second kappa shape index (κ2) is 6.32. The molecule has 6 heteroatoms. The lowest BCUT2D eigenvalue weighted by Gasteiger charge is -2.18. The van der Waals surface area contributed by atoms with Crippen LogP contribution in [-0.2, 0) is 4.79 Å². The van der Waals surface area contributed by atoms with E-state index in [-0.39, 0.29) is 11.2 Å². The first-order chi connectivity index (χ1) is 10.3. The van der Waals surface area contributed by atoms with Gasteiger partial charge in [-0.15, -0.1) is 0 Å². The van der Waals surface area contributed by atoms with Crippen LogP contribution in [0.1, 0.15) is 26.3 Å². The number of carbonyl (C=O) groups excluding carboxylic acids is 1. The van der Waals surface area contributed by atoms with Crippen molar-refractivity contribution in [2.45, 2.75) is 27.7 Å². The largest absolute Gasteiger partial charge is 0.340 e. The molecule has 0 fully saturated rings. The molecule has 0 atom stereocenters. The predicted octanol–water partition coefficient (Wildman–Crippen LogP) is 4.17. The van der Waals surface area contributed by atoms with E-state index in [1.54, 1.807) is 6.20 Å². The number of aromatic nitrogens is 2. The molecule has 5 nitrogen and oxygen atoms in total. The Labute approximate surface area is 135 Å². The maximum Gasteiger partial charge on any atom is 0.229 e. The zero-order valence-corrected chi connectivity index (χ0v) is 13.8. The fourth-order valence-electron chi connectivity index (χ4n) is 1.68. The van der Waals surface area contributed by atoms with Gasteiger partial charge in [-0.3, -0.25) is 4.79 Å². The number of amides is 1. The highest BCUT2D eigenvalue weighted by atomic mass is 35.5. The van der Waals surface area contributed by atoms with E-state index in [2.05, 4.69) is 20.6 Å². The van der Waals surface area contributed by atoms with Crippen LogP contribution in [0.5, 0.6) is 0 Å². The minimum atomic E-state index is -0.444. The Hall–Kier alpha value is -2.14. The number of aryl methyl sites for hydroxylation is 1. The molecule has 0 radical (unpaired) electrons. The first-order valence-electron chi connectivity index (χ1n) is 6.93. The summed E-state index contributed by atoms with van der Waals surface area (Å²) >= 11 is 5.81. The van der Waals surface area contributed by atoms with Crippen molar-refractivity contribution in [2.75, 3.05) is 10.6 Å². The van der Waals surface area contributed by atoms with Crippen molar-refractivity contribution in [1.82, 2.24) is 9.97 Å². The first kappa shape index (κ1) is 16.2. The predicted molar refractivity (Wildman–Crippen MR) is 89.6 cm³/mol. The van der Waals surface area contributed by atoms with E-state index in [1.807, 2.05) is 52.0 Å². The van der Waals surface area contributed by atoms with E-state index in [1.165, 1.54) is 0 Å². The van der Waals surface area contributed by atoms with Gasteiger partial charge in [0.15, 0.2) is 0 Å². The summed E-state index contributed by atoms with van der Waals surface area (Å²) in [5.74, 6) is 0.602. The second-order valence-electron chi connectivity index (χ2n) is 6.08. The molecule has 2 aromatic rings. The molecule has 2 N–H and O–H groups in total. The molecule has 1 aromatic carbocycles. The summed E-state index contributed by atoms with van der Waals surface area (Å²) in [7, 11) is 0. The highest BCUT2D eigenvalue weighted by molar-refractivity contribution is 6.28. The van der Waals surface area contributed by atoms with Gasteiger partial charge < -0.3 is 10.6 Å². The van der Waals surface area contributed by atoms with Gasteiger partial charge in [-0.05, 0) is 36.7 Å². The van der Waals surface area contributed by atoms with Gasteiger partial charge in [0.05, 0.1) is 0 Å². The molecule has 0 aliphatic rings. The third-order valence-corrected chi connectivity index (χ3v) is 3.19. The highest BCUT2D eigenvalue weighted by Gasteiger charge is 2.21. The lowest BCUT2D eigenvalue weighted by molar-refractivity contribution is -0.123. The van der Waals surface area contributed by atoms with Crippen LogP contribution < -0.4 is 10.6 Å². The van der Waals surface area contributed by atoms with Crippen LogP contribution in [0.2, 0.25) is 5.28 Å². The van der Waals surface area contributed by atoms with Crippen molar-refractivity contribution in [3.63, 3.8) is 0 Å². The number of nitrogens with one attached hydrogen (secondary N) is 2. The minimum absolute atomic E-state index is 0.0362. The first-order valence-corrected chi connectivity index (χ1v) is 7.31. The number of hydrogen-bond acceptors (Lipinski definition) is 4. The van der Waals surface area contributed by atoms with Crippen molar-refractivity contribution in [2.24, 2.45) is 5.41 Å². The number of benzene rings is 1. The van der Waals surface area contributed by atoms with Gasteiger partial charge in [-0.2, -0.15) is 0 Å². The number of nitrogens with zero attached hydrogens (tertiary/aromatic N) is 2. The van der Waals surface area contributed by atoms with E-state index in [0.29, 0.717) is 5.82 Å². The minimum Gasteiger partial charge on any atom is -0.340 e. The zero-order valence-electron chi connectivity index (χ0n) is 13.1. The zero-order chi connectivity index (χ0) is 16.3. The molecule has 2 rings (SSSR count). The third kappa shape index (κ3) is 4.18. The molecule has 0 spiro atoms. The molecule has 1 aromatic heterocycles. The van der Waals surface area contributed by atoms with Gasteiger partial charge in [0.2, 0.25) is 11.2 Å². The number of carbonyl (C=O) groups is 1. The summed E-state index contributed by atoms with van der Waals surface area (Å²) in [6, 6.07) is 7.44. The van der Waals surface area contributed by atoms with Crippen molar-refractivity contribution in [1.29, 1.82) is 0 Å². The topological polar surface area (TPSA) is 66.9 Å². The highest BCUT2D eigenvalue weighted by Crippen LogP contribution is 2.23. The van der Waals surface area contributed by atoms with Crippen LogP contribution in [0.25, 0.3) is 0 Å². The number of rotatable bonds is 3. The van der Waals surface area contributed by atoms with Crippen molar-refractivity contribution in [3.05, 3.63) is 41.3 Å². The molecule has 0 aliphatic heterocycles. The molecule has 0 bridgehead atoms. The third-order valence-electron chi connectivity index (χ3n) is 3.01. The van der Waals surface area contributed by atoms with E-state index < -0.39 is 5.41 Å². The van der Waals surface area contributed by atoms with Crippen LogP contribution >= 0.6 is 11.6 Å². The van der Waals surface area contributed by atoms with Gasteiger partial charge in [-0.25, -0.2) is 9.97 Å². The van der Waals surface area contributed by atoms with Gasteiger partial charge >= 0.3 is 0 Å². The van der Waals surface area contributed by atoms with Crippen LogP contribution in [0.3, 0.4) is 0 Å². The molecule has 0 unspecified atom stereocenters. The van der Waals surface area contributed by atoms with Crippen LogP contribution in [-0.4, -0.2) is 15.9 Å². The standard InChI is InChI=1S/C16H19ClN4O/c1-10-9-18-15(17)21-13(10)19-11-6-5-7-12(8-11)20-14(22)16(2,3)4/h5-9H,1-4H3,(H,20,22)(H,18,19,21). The molecule has 1 amide bonds. The maximum absolute atomic E-state index is 12.0. The molecule has 1 heterocycles. The Morgan fingerprint density at radius 1 is 1.23 bits per heavy atom. The lowest BCUT2D eigenvalue weighted by Crippen LogP contribution is -2.27. The molecule has 0 saturated heterocycles. The normalized spacial score (nSPS) is 11.1. The fraction of sp³-hybridized carbons (Fsp3) is 0.312. The van der Waals surface area contributed by atoms with E-state index >= 15 is 0 Å². The van der Waals surface area contributed by atoms with E-state index in [0.717, 1.165) is 16.9 Å². The summed E-state index contributed by atoms with van der Waals surface area (Å²) < 4.78 is 0. The smallest absolute Gasteiger partial charge is 0.229 e. The summed E-state index contributed by atoms with van der Waals surface area (Å²) in [4.78, 5) is 20.1. The van der Waals surface area contributed by atoms with E-state index in [9.17, 15) is 4.79 Å². The van der Waals surface area contributed by atoms with E-state index in [4.69, 9.17) is 11.6 Å². The molecular formula is C16H19ClN4O. The van der Waals surface area contributed by atoms with Gasteiger partial charge in [0, 0.05) is 28.6 Å². The average Bonchev–Trinajstić information content (AvgIpc) is 2.42. The summed E-state index contributed by atoms with van der Waals surface area (Å²) in [5.41, 5.74) is 1.97. The fourth-order valence-corrected chi connectivity index (χ4v) is 1.81. The maximum atomic E-state index is 12.0. The Balaban J connectivity index is 2.18. The Morgan fingerprint density at radius 3 is 2.59 bits per heavy atom. The summed E-state index contributed by atoms with van der Waals surface area (Å²) in [6.45, 7) is 7.51. The van der Waals surface area contributed by atoms with Crippen molar-refractivity contribution >= 4 is 34.7 Å². The van der Waals surface area contributed by atoms with Gasteiger partial charge in [0.1, 0.15) is 5.82 Å².